The maximum absolute atomic E-state index is 8.73. The van der Waals surface area contributed by atoms with E-state index >= 15 is 0 Å². The van der Waals surface area contributed by atoms with Crippen molar-refractivity contribution < 1.29 is 15.3 Å². The molecule has 0 aromatic heterocycles. The Labute approximate surface area is 75.1 Å². The molecular formula is C8H9ClO3. The fraction of sp³-hybridized carbons (Fsp3) is 0.250. The van der Waals surface area contributed by atoms with Gasteiger partial charge in [-0.25, -0.2) is 4.89 Å². The summed E-state index contributed by atoms with van der Waals surface area (Å²) in [4.78, 5) is 4.03. The smallest absolute Gasteiger partial charge is 0.141 e. The largest absolute Gasteiger partial charge is 0.393 e. The van der Waals surface area contributed by atoms with Crippen LogP contribution in [0.4, 0.5) is 0 Å². The van der Waals surface area contributed by atoms with Crippen LogP contribution in [0.5, 0.6) is 0 Å². The van der Waals surface area contributed by atoms with E-state index in [0.29, 0.717) is 10.6 Å². The van der Waals surface area contributed by atoms with Gasteiger partial charge < -0.3 is 5.11 Å². The lowest BCUT2D eigenvalue weighted by Crippen LogP contribution is -2.05. The van der Waals surface area contributed by atoms with Crippen molar-refractivity contribution >= 4 is 11.6 Å². The van der Waals surface area contributed by atoms with Gasteiger partial charge in [0.25, 0.3) is 0 Å². The van der Waals surface area contributed by atoms with Crippen LogP contribution in [-0.4, -0.2) is 17.0 Å². The topological polar surface area (TPSA) is 49.7 Å². The number of hydrogen-bond acceptors (Lipinski definition) is 3. The van der Waals surface area contributed by atoms with Gasteiger partial charge in [-0.05, 0) is 17.7 Å². The highest BCUT2D eigenvalue weighted by Crippen LogP contribution is 2.18. The fourth-order valence-corrected chi connectivity index (χ4v) is 1.00. The van der Waals surface area contributed by atoms with Crippen molar-refractivity contribution in [1.82, 2.24) is 0 Å². The molecule has 0 amide bonds. The molecule has 0 saturated heterocycles. The van der Waals surface area contributed by atoms with Crippen LogP contribution in [-0.2, 0) is 4.89 Å². The summed E-state index contributed by atoms with van der Waals surface area (Å²) in [6.45, 7) is -0.266. The zero-order valence-electron chi connectivity index (χ0n) is 6.27. The lowest BCUT2D eigenvalue weighted by molar-refractivity contribution is -0.288. The SMILES string of the molecule is OCC(OO)c1ccc(Cl)cc1. The van der Waals surface area contributed by atoms with Crippen LogP contribution in [0.15, 0.2) is 24.3 Å². The summed E-state index contributed by atoms with van der Waals surface area (Å²) in [5.74, 6) is 0. The molecule has 0 saturated carbocycles. The summed E-state index contributed by atoms with van der Waals surface area (Å²) in [6, 6.07) is 6.69. The Morgan fingerprint density at radius 2 is 1.92 bits per heavy atom. The first-order valence-electron chi connectivity index (χ1n) is 3.44. The summed E-state index contributed by atoms with van der Waals surface area (Å²) in [5.41, 5.74) is 0.685. The van der Waals surface area contributed by atoms with Crippen molar-refractivity contribution in [2.75, 3.05) is 6.61 Å². The van der Waals surface area contributed by atoms with Crippen molar-refractivity contribution in [2.45, 2.75) is 6.10 Å². The van der Waals surface area contributed by atoms with Gasteiger partial charge in [-0.2, -0.15) is 0 Å². The summed E-state index contributed by atoms with van der Waals surface area (Å²) < 4.78 is 0. The average molecular weight is 189 g/mol. The van der Waals surface area contributed by atoms with Crippen LogP contribution in [0.2, 0.25) is 5.02 Å². The molecule has 0 aliphatic heterocycles. The van der Waals surface area contributed by atoms with Crippen molar-refractivity contribution in [3.63, 3.8) is 0 Å². The van der Waals surface area contributed by atoms with E-state index in [1.807, 2.05) is 0 Å². The molecule has 4 heteroatoms. The number of hydrogen-bond donors (Lipinski definition) is 2. The fourth-order valence-electron chi connectivity index (χ4n) is 0.877. The third-order valence-corrected chi connectivity index (χ3v) is 1.79. The molecule has 0 fully saturated rings. The van der Waals surface area contributed by atoms with Gasteiger partial charge in [0.2, 0.25) is 0 Å². The summed E-state index contributed by atoms with van der Waals surface area (Å²) in [5, 5.41) is 17.7. The van der Waals surface area contributed by atoms with Gasteiger partial charge in [0.05, 0.1) is 6.61 Å². The van der Waals surface area contributed by atoms with Crippen molar-refractivity contribution in [1.29, 1.82) is 0 Å². The Bertz CT molecular complexity index is 231. The minimum absolute atomic E-state index is 0.266. The number of aliphatic hydroxyl groups is 1. The Balaban J connectivity index is 2.80. The highest BCUT2D eigenvalue weighted by molar-refractivity contribution is 6.30. The van der Waals surface area contributed by atoms with Gasteiger partial charge in [-0.15, -0.1) is 0 Å². The molecule has 12 heavy (non-hydrogen) atoms. The van der Waals surface area contributed by atoms with E-state index in [2.05, 4.69) is 4.89 Å². The molecule has 0 bridgehead atoms. The number of rotatable bonds is 3. The molecule has 1 rings (SSSR count). The van der Waals surface area contributed by atoms with E-state index in [1.165, 1.54) is 0 Å². The number of benzene rings is 1. The molecule has 0 aliphatic carbocycles. The minimum atomic E-state index is -0.692. The second kappa shape index (κ2) is 4.42. The number of halogens is 1. The Kier molecular flexibility index (Phi) is 3.49. The molecule has 1 unspecified atom stereocenters. The van der Waals surface area contributed by atoms with Gasteiger partial charge in [0.1, 0.15) is 6.10 Å². The number of aliphatic hydroxyl groups excluding tert-OH is 1. The van der Waals surface area contributed by atoms with Crippen molar-refractivity contribution in [3.05, 3.63) is 34.9 Å². The normalized spacial score (nSPS) is 12.9. The summed E-state index contributed by atoms with van der Waals surface area (Å²) in [6.07, 6.45) is -0.692. The van der Waals surface area contributed by atoms with Gasteiger partial charge >= 0.3 is 0 Å². The molecule has 3 nitrogen and oxygen atoms in total. The molecule has 0 aliphatic rings. The van der Waals surface area contributed by atoms with Crippen LogP contribution in [0.25, 0.3) is 0 Å². The molecule has 0 heterocycles. The summed E-state index contributed by atoms with van der Waals surface area (Å²) in [7, 11) is 0. The van der Waals surface area contributed by atoms with E-state index in [-0.39, 0.29) is 6.61 Å². The van der Waals surface area contributed by atoms with Crippen molar-refractivity contribution in [2.24, 2.45) is 0 Å². The Morgan fingerprint density at radius 1 is 1.33 bits per heavy atom. The lowest BCUT2D eigenvalue weighted by atomic mass is 10.1. The van der Waals surface area contributed by atoms with Crippen LogP contribution in [0, 0.1) is 0 Å². The van der Waals surface area contributed by atoms with Crippen LogP contribution >= 0.6 is 11.6 Å². The van der Waals surface area contributed by atoms with Gasteiger partial charge in [-0.1, -0.05) is 23.7 Å². The Morgan fingerprint density at radius 3 is 2.33 bits per heavy atom. The zero-order valence-corrected chi connectivity index (χ0v) is 7.03. The highest BCUT2D eigenvalue weighted by Gasteiger charge is 2.09. The van der Waals surface area contributed by atoms with E-state index in [1.54, 1.807) is 24.3 Å². The van der Waals surface area contributed by atoms with Gasteiger partial charge in [0, 0.05) is 5.02 Å². The monoisotopic (exact) mass is 188 g/mol. The molecule has 66 valence electrons. The molecule has 1 aromatic rings. The second-order valence-electron chi connectivity index (χ2n) is 2.33. The van der Waals surface area contributed by atoms with E-state index < -0.39 is 6.10 Å². The molecule has 1 atom stereocenters. The van der Waals surface area contributed by atoms with E-state index in [4.69, 9.17) is 22.0 Å². The molecule has 1 aromatic carbocycles. The Hall–Kier alpha value is -0.610. The van der Waals surface area contributed by atoms with Gasteiger partial charge in [-0.3, -0.25) is 5.26 Å². The zero-order chi connectivity index (χ0) is 8.97. The lowest BCUT2D eigenvalue weighted by Gasteiger charge is -2.09. The molecular weight excluding hydrogens is 180 g/mol. The standard InChI is InChI=1S/C8H9ClO3/c9-7-3-1-6(2-4-7)8(5-10)12-11/h1-4,8,10-11H,5H2. The first-order valence-corrected chi connectivity index (χ1v) is 3.82. The second-order valence-corrected chi connectivity index (χ2v) is 2.76. The van der Waals surface area contributed by atoms with Crippen LogP contribution in [0.1, 0.15) is 11.7 Å². The minimum Gasteiger partial charge on any atom is -0.393 e. The first kappa shape index (κ1) is 9.48. The summed E-state index contributed by atoms with van der Waals surface area (Å²) >= 11 is 5.64. The molecule has 0 spiro atoms. The third kappa shape index (κ3) is 2.19. The highest BCUT2D eigenvalue weighted by atomic mass is 35.5. The van der Waals surface area contributed by atoms with Crippen LogP contribution in [0.3, 0.4) is 0 Å². The molecule has 0 radical (unpaired) electrons. The predicted molar refractivity (Wildman–Crippen MR) is 45.0 cm³/mol. The van der Waals surface area contributed by atoms with Crippen LogP contribution < -0.4 is 0 Å². The first-order chi connectivity index (χ1) is 5.77. The third-order valence-electron chi connectivity index (χ3n) is 1.53. The average Bonchev–Trinajstić information content (AvgIpc) is 2.10. The quantitative estimate of drug-likeness (QED) is 0.562. The maximum Gasteiger partial charge on any atom is 0.141 e. The van der Waals surface area contributed by atoms with Crippen molar-refractivity contribution in [3.8, 4) is 0 Å². The molecule has 2 N–H and O–H groups in total. The van der Waals surface area contributed by atoms with E-state index in [9.17, 15) is 0 Å². The van der Waals surface area contributed by atoms with E-state index in [0.717, 1.165) is 0 Å². The predicted octanol–water partition coefficient (Wildman–Crippen LogP) is 1.86. The maximum atomic E-state index is 8.73. The van der Waals surface area contributed by atoms with Gasteiger partial charge in [0.15, 0.2) is 0 Å².